The molecule has 0 aliphatic carbocycles. The molecule has 0 aliphatic heterocycles. The summed E-state index contributed by atoms with van der Waals surface area (Å²) in [6, 6.07) is 0. The van der Waals surface area contributed by atoms with Gasteiger partial charge < -0.3 is 14.9 Å². The van der Waals surface area contributed by atoms with Gasteiger partial charge >= 0.3 is 5.97 Å². The van der Waals surface area contributed by atoms with Crippen LogP contribution in [0.2, 0.25) is 0 Å². The molecule has 0 bridgehead atoms. The number of hydrogen-bond donors (Lipinski definition) is 2. The van der Waals surface area contributed by atoms with Crippen molar-refractivity contribution in [3.05, 3.63) is 29.7 Å². The number of carbonyl (C=O) groups is 1. The molecule has 0 aromatic carbocycles. The second kappa shape index (κ2) is 5.41. The summed E-state index contributed by atoms with van der Waals surface area (Å²) in [4.78, 5) is 14.8. The van der Waals surface area contributed by atoms with Gasteiger partial charge in [-0.3, -0.25) is 4.68 Å². The molecule has 0 amide bonds. The summed E-state index contributed by atoms with van der Waals surface area (Å²) in [6.07, 6.45) is 3.29. The molecule has 96 valence electrons. The third kappa shape index (κ3) is 2.72. The van der Waals surface area contributed by atoms with Crippen LogP contribution in [-0.2, 0) is 20.0 Å². The van der Waals surface area contributed by atoms with Gasteiger partial charge in [0.05, 0.1) is 11.9 Å². The first-order valence-corrected chi connectivity index (χ1v) is 5.39. The first-order valence-electron chi connectivity index (χ1n) is 5.39. The maximum atomic E-state index is 10.9. The lowest BCUT2D eigenvalue weighted by molar-refractivity contribution is 0.0695. The Morgan fingerprint density at radius 3 is 3.11 bits per heavy atom. The molecule has 2 rings (SSSR count). The lowest BCUT2D eigenvalue weighted by Gasteiger charge is -2.05. The van der Waals surface area contributed by atoms with Crippen LogP contribution in [0.15, 0.2) is 17.0 Å². The van der Waals surface area contributed by atoms with Gasteiger partial charge in [-0.05, 0) is 0 Å². The quantitative estimate of drug-likeness (QED) is 0.686. The normalized spacial score (nSPS) is 10.7. The highest BCUT2D eigenvalue weighted by molar-refractivity contribution is 5.88. The number of hydrogen-bond acceptors (Lipinski definition) is 6. The van der Waals surface area contributed by atoms with Crippen LogP contribution >= 0.6 is 0 Å². The Balaban J connectivity index is 1.86. The first kappa shape index (κ1) is 12.2. The summed E-state index contributed by atoms with van der Waals surface area (Å²) in [7, 11) is 1.71. The van der Waals surface area contributed by atoms with Crippen LogP contribution in [0.5, 0.6) is 0 Å². The Morgan fingerprint density at radius 1 is 1.61 bits per heavy atom. The highest BCUT2D eigenvalue weighted by atomic mass is 16.5. The van der Waals surface area contributed by atoms with Crippen LogP contribution in [0.1, 0.15) is 21.9 Å². The van der Waals surface area contributed by atoms with Gasteiger partial charge in [0.25, 0.3) is 0 Å². The van der Waals surface area contributed by atoms with Crippen LogP contribution < -0.4 is 5.32 Å². The number of aryl methyl sites for hydroxylation is 1. The fourth-order valence-electron chi connectivity index (χ4n) is 1.56. The minimum Gasteiger partial charge on any atom is -0.478 e. The van der Waals surface area contributed by atoms with E-state index in [4.69, 9.17) is 9.63 Å². The molecular formula is C10H13N5O3. The summed E-state index contributed by atoms with van der Waals surface area (Å²) in [5.41, 5.74) is 0.843. The molecule has 0 unspecified atom stereocenters. The maximum Gasteiger partial charge on any atom is 0.339 e. The van der Waals surface area contributed by atoms with E-state index < -0.39 is 5.97 Å². The molecule has 2 aromatic heterocycles. The number of aromatic nitrogens is 4. The van der Waals surface area contributed by atoms with E-state index in [1.165, 1.54) is 12.5 Å². The summed E-state index contributed by atoms with van der Waals surface area (Å²) in [5, 5.41) is 19.5. The smallest absolute Gasteiger partial charge is 0.339 e. The SMILES string of the molecule is Cn1ncc(C(=O)O)c1CNCCc1ncno1. The Kier molecular flexibility index (Phi) is 3.68. The van der Waals surface area contributed by atoms with Crippen LogP contribution in [0, 0.1) is 0 Å². The summed E-state index contributed by atoms with van der Waals surface area (Å²) in [5.74, 6) is -0.428. The molecule has 0 radical (unpaired) electrons. The molecule has 2 N–H and O–H groups in total. The van der Waals surface area contributed by atoms with Crippen LogP contribution in [0.3, 0.4) is 0 Å². The molecule has 0 saturated heterocycles. The van der Waals surface area contributed by atoms with Crippen molar-refractivity contribution in [1.82, 2.24) is 25.2 Å². The second-order valence-corrected chi connectivity index (χ2v) is 3.70. The third-order valence-electron chi connectivity index (χ3n) is 2.51. The van der Waals surface area contributed by atoms with Gasteiger partial charge in [-0.2, -0.15) is 10.1 Å². The van der Waals surface area contributed by atoms with Crippen LogP contribution in [0.25, 0.3) is 0 Å². The molecule has 0 saturated carbocycles. The zero-order valence-corrected chi connectivity index (χ0v) is 9.83. The van der Waals surface area contributed by atoms with E-state index in [0.717, 1.165) is 0 Å². The van der Waals surface area contributed by atoms with Gasteiger partial charge in [0.2, 0.25) is 5.89 Å². The number of nitrogens with one attached hydrogen (secondary N) is 1. The van der Waals surface area contributed by atoms with Crippen molar-refractivity contribution in [3.8, 4) is 0 Å². The fourth-order valence-corrected chi connectivity index (χ4v) is 1.56. The lowest BCUT2D eigenvalue weighted by Crippen LogP contribution is -2.20. The van der Waals surface area contributed by atoms with Crippen molar-refractivity contribution >= 4 is 5.97 Å². The van der Waals surface area contributed by atoms with Crippen molar-refractivity contribution in [2.75, 3.05) is 6.54 Å². The van der Waals surface area contributed by atoms with Gasteiger partial charge in [-0.25, -0.2) is 4.79 Å². The minimum absolute atomic E-state index is 0.211. The second-order valence-electron chi connectivity index (χ2n) is 3.70. The molecule has 2 aromatic rings. The average Bonchev–Trinajstić information content (AvgIpc) is 2.94. The number of nitrogens with zero attached hydrogens (tertiary/aromatic N) is 4. The summed E-state index contributed by atoms with van der Waals surface area (Å²) < 4.78 is 6.39. The topological polar surface area (TPSA) is 106 Å². The lowest BCUT2D eigenvalue weighted by atomic mass is 10.2. The van der Waals surface area contributed by atoms with Crippen molar-refractivity contribution in [2.45, 2.75) is 13.0 Å². The first-order chi connectivity index (χ1) is 8.68. The minimum atomic E-state index is -0.975. The molecule has 2 heterocycles. The van der Waals surface area contributed by atoms with E-state index in [9.17, 15) is 4.79 Å². The zero-order valence-electron chi connectivity index (χ0n) is 9.83. The fraction of sp³-hybridized carbons (Fsp3) is 0.400. The summed E-state index contributed by atoms with van der Waals surface area (Å²) >= 11 is 0. The number of carboxylic acid groups (broad SMARTS) is 1. The van der Waals surface area contributed by atoms with E-state index in [-0.39, 0.29) is 5.56 Å². The van der Waals surface area contributed by atoms with E-state index in [1.807, 2.05) is 0 Å². The van der Waals surface area contributed by atoms with Crippen molar-refractivity contribution in [1.29, 1.82) is 0 Å². The number of rotatable bonds is 6. The molecule has 0 atom stereocenters. The van der Waals surface area contributed by atoms with E-state index in [0.29, 0.717) is 31.1 Å². The van der Waals surface area contributed by atoms with E-state index in [2.05, 4.69) is 20.6 Å². The third-order valence-corrected chi connectivity index (χ3v) is 2.51. The molecule has 8 heteroatoms. The predicted molar refractivity (Wildman–Crippen MR) is 59.9 cm³/mol. The molecular weight excluding hydrogens is 238 g/mol. The standard InChI is InChI=1S/C10H13N5O3/c1-15-8(7(4-13-15)10(16)17)5-11-3-2-9-12-6-14-18-9/h4,6,11H,2-3,5H2,1H3,(H,16,17). The average molecular weight is 251 g/mol. The van der Waals surface area contributed by atoms with Crippen molar-refractivity contribution < 1.29 is 14.4 Å². The largest absolute Gasteiger partial charge is 0.478 e. The molecule has 18 heavy (non-hydrogen) atoms. The summed E-state index contributed by atoms with van der Waals surface area (Å²) in [6.45, 7) is 1.04. The molecule has 0 aliphatic rings. The maximum absolute atomic E-state index is 10.9. The Morgan fingerprint density at radius 2 is 2.44 bits per heavy atom. The van der Waals surface area contributed by atoms with Crippen molar-refractivity contribution in [3.63, 3.8) is 0 Å². The highest BCUT2D eigenvalue weighted by Gasteiger charge is 2.14. The van der Waals surface area contributed by atoms with Crippen molar-refractivity contribution in [2.24, 2.45) is 7.05 Å². The van der Waals surface area contributed by atoms with Gasteiger partial charge in [0.15, 0.2) is 6.33 Å². The Bertz CT molecular complexity index is 520. The zero-order chi connectivity index (χ0) is 13.0. The highest BCUT2D eigenvalue weighted by Crippen LogP contribution is 2.06. The van der Waals surface area contributed by atoms with Crippen LogP contribution in [-0.4, -0.2) is 37.5 Å². The van der Waals surface area contributed by atoms with Gasteiger partial charge in [-0.1, -0.05) is 5.16 Å². The number of carboxylic acids is 1. The van der Waals surface area contributed by atoms with Gasteiger partial charge in [0.1, 0.15) is 5.56 Å². The number of aromatic carboxylic acids is 1. The van der Waals surface area contributed by atoms with Gasteiger partial charge in [-0.15, -0.1) is 0 Å². The predicted octanol–water partition coefficient (Wildman–Crippen LogP) is -0.166. The molecule has 0 fully saturated rings. The monoisotopic (exact) mass is 251 g/mol. The van der Waals surface area contributed by atoms with Gasteiger partial charge in [0, 0.05) is 26.6 Å². The molecule has 8 nitrogen and oxygen atoms in total. The Hall–Kier alpha value is -2.22. The van der Waals surface area contributed by atoms with Crippen LogP contribution in [0.4, 0.5) is 0 Å². The molecule has 0 spiro atoms. The van der Waals surface area contributed by atoms with E-state index >= 15 is 0 Å². The van der Waals surface area contributed by atoms with E-state index in [1.54, 1.807) is 11.7 Å². The Labute approximate surface area is 103 Å².